The molecule has 1 unspecified atom stereocenters. The number of urea groups is 1. The monoisotopic (exact) mass is 329 g/mol. The lowest BCUT2D eigenvalue weighted by molar-refractivity contribution is 0.162. The molecular weight excluding hydrogens is 302 g/mol. The van der Waals surface area contributed by atoms with Crippen molar-refractivity contribution in [3.05, 3.63) is 29.8 Å². The zero-order valence-corrected chi connectivity index (χ0v) is 14.3. The molecule has 0 radical (unpaired) electrons. The standard InChI is InChI=1S/C18H27N5O/c1-13-10-22(12-14-5-7-21-8-6-14)18(24)23(11-13)16-4-2-3-15(9-16)17(19)20/h2-4,9,13-14,21H,5-8,10-12H2,1H3,(H3,19,20). The van der Waals surface area contributed by atoms with Gasteiger partial charge in [0.2, 0.25) is 0 Å². The van der Waals surface area contributed by atoms with Gasteiger partial charge in [0.25, 0.3) is 0 Å². The van der Waals surface area contributed by atoms with Gasteiger partial charge in [-0.15, -0.1) is 0 Å². The molecule has 0 aromatic heterocycles. The van der Waals surface area contributed by atoms with Crippen molar-refractivity contribution < 1.29 is 4.79 Å². The average molecular weight is 329 g/mol. The number of nitrogens with two attached hydrogens (primary N) is 1. The number of carbonyl (C=O) groups is 1. The number of hydrogen-bond donors (Lipinski definition) is 3. The highest BCUT2D eigenvalue weighted by molar-refractivity contribution is 5.98. The first kappa shape index (κ1) is 16.8. The minimum absolute atomic E-state index is 0.0286. The summed E-state index contributed by atoms with van der Waals surface area (Å²) in [7, 11) is 0. The predicted octanol–water partition coefficient (Wildman–Crippen LogP) is 1.85. The number of nitrogens with zero attached hydrogens (tertiary/aromatic N) is 2. The molecule has 4 N–H and O–H groups in total. The van der Waals surface area contributed by atoms with Crippen molar-refractivity contribution >= 4 is 17.6 Å². The number of carbonyl (C=O) groups excluding carboxylic acids is 1. The Morgan fingerprint density at radius 1 is 1.33 bits per heavy atom. The maximum Gasteiger partial charge on any atom is 0.324 e. The molecule has 1 aromatic rings. The Morgan fingerprint density at radius 2 is 2.08 bits per heavy atom. The van der Waals surface area contributed by atoms with E-state index >= 15 is 0 Å². The minimum atomic E-state index is 0.0286. The van der Waals surface area contributed by atoms with Crippen LogP contribution in [0.5, 0.6) is 0 Å². The lowest BCUT2D eigenvalue weighted by atomic mass is 9.96. The third-order valence-electron chi connectivity index (χ3n) is 4.93. The number of amides is 2. The molecule has 0 spiro atoms. The topological polar surface area (TPSA) is 85.5 Å². The largest absolute Gasteiger partial charge is 0.384 e. The van der Waals surface area contributed by atoms with Crippen LogP contribution in [0.4, 0.5) is 10.5 Å². The van der Waals surface area contributed by atoms with Crippen molar-refractivity contribution in [2.45, 2.75) is 19.8 Å². The predicted molar refractivity (Wildman–Crippen MR) is 96.5 cm³/mol. The Morgan fingerprint density at radius 3 is 2.79 bits per heavy atom. The van der Waals surface area contributed by atoms with Gasteiger partial charge in [-0.25, -0.2) is 4.79 Å². The van der Waals surface area contributed by atoms with Crippen LogP contribution in [0, 0.1) is 17.2 Å². The first-order chi connectivity index (χ1) is 11.5. The summed E-state index contributed by atoms with van der Waals surface area (Å²) in [4.78, 5) is 16.8. The van der Waals surface area contributed by atoms with E-state index in [1.807, 2.05) is 28.0 Å². The van der Waals surface area contributed by atoms with Crippen LogP contribution in [0.25, 0.3) is 0 Å². The van der Waals surface area contributed by atoms with Crippen LogP contribution < -0.4 is 16.0 Å². The number of amidine groups is 1. The van der Waals surface area contributed by atoms with Crippen LogP contribution in [-0.2, 0) is 0 Å². The van der Waals surface area contributed by atoms with Gasteiger partial charge in [0.05, 0.1) is 0 Å². The van der Waals surface area contributed by atoms with Crippen LogP contribution >= 0.6 is 0 Å². The number of nitrogen functional groups attached to an aromatic ring is 1. The Labute approximate surface area is 143 Å². The highest BCUT2D eigenvalue weighted by atomic mass is 16.2. The van der Waals surface area contributed by atoms with Crippen LogP contribution in [0.2, 0.25) is 0 Å². The third-order valence-corrected chi connectivity index (χ3v) is 4.93. The number of anilines is 1. The van der Waals surface area contributed by atoms with Gasteiger partial charge in [0.1, 0.15) is 5.84 Å². The van der Waals surface area contributed by atoms with Gasteiger partial charge in [-0.05, 0) is 49.9 Å². The average Bonchev–Trinajstić information content (AvgIpc) is 2.59. The maximum atomic E-state index is 13.0. The summed E-state index contributed by atoms with van der Waals surface area (Å²) in [5.74, 6) is 1.04. The normalized spacial score (nSPS) is 22.7. The fourth-order valence-corrected chi connectivity index (χ4v) is 3.66. The lowest BCUT2D eigenvalue weighted by Gasteiger charge is -2.41. The molecule has 24 heavy (non-hydrogen) atoms. The van der Waals surface area contributed by atoms with E-state index in [0.717, 1.165) is 44.7 Å². The van der Waals surface area contributed by atoms with Gasteiger partial charge in [0.15, 0.2) is 0 Å². The van der Waals surface area contributed by atoms with Crippen molar-refractivity contribution in [3.8, 4) is 0 Å². The molecule has 6 nitrogen and oxygen atoms in total. The molecule has 1 aromatic carbocycles. The third kappa shape index (κ3) is 3.70. The van der Waals surface area contributed by atoms with E-state index in [1.54, 1.807) is 6.07 Å². The van der Waals surface area contributed by atoms with Crippen LogP contribution in [-0.4, -0.2) is 49.5 Å². The fourth-order valence-electron chi connectivity index (χ4n) is 3.66. The van der Waals surface area contributed by atoms with Crippen molar-refractivity contribution in [3.63, 3.8) is 0 Å². The number of hydrogen-bond acceptors (Lipinski definition) is 3. The number of nitrogens with one attached hydrogen (secondary N) is 2. The summed E-state index contributed by atoms with van der Waals surface area (Å²) >= 11 is 0. The first-order valence-corrected chi connectivity index (χ1v) is 8.76. The molecule has 2 saturated heterocycles. The fraction of sp³-hybridized carbons (Fsp3) is 0.556. The number of benzene rings is 1. The molecule has 2 amide bonds. The van der Waals surface area contributed by atoms with Crippen molar-refractivity contribution in [1.29, 1.82) is 5.41 Å². The molecule has 2 heterocycles. The van der Waals surface area contributed by atoms with Gasteiger partial charge in [-0.3, -0.25) is 10.3 Å². The molecule has 2 aliphatic heterocycles. The maximum absolute atomic E-state index is 13.0. The SMILES string of the molecule is CC1CN(CC2CCNCC2)C(=O)N(c2cccc(C(=N)N)c2)C1. The van der Waals surface area contributed by atoms with E-state index in [1.165, 1.54) is 0 Å². The quantitative estimate of drug-likeness (QED) is 0.582. The Bertz CT molecular complexity index is 611. The highest BCUT2D eigenvalue weighted by Crippen LogP contribution is 2.25. The molecule has 130 valence electrons. The van der Waals surface area contributed by atoms with E-state index in [9.17, 15) is 4.79 Å². The molecule has 0 aliphatic carbocycles. The summed E-state index contributed by atoms with van der Waals surface area (Å²) in [5, 5.41) is 11.0. The Kier molecular flexibility index (Phi) is 5.04. The zero-order valence-electron chi connectivity index (χ0n) is 14.3. The van der Waals surface area contributed by atoms with Crippen molar-refractivity contribution in [2.75, 3.05) is 37.6 Å². The molecule has 2 aliphatic rings. The van der Waals surface area contributed by atoms with Gasteiger partial charge in [0, 0.05) is 30.9 Å². The molecule has 2 fully saturated rings. The first-order valence-electron chi connectivity index (χ1n) is 8.76. The van der Waals surface area contributed by atoms with E-state index in [0.29, 0.717) is 23.9 Å². The second kappa shape index (κ2) is 7.21. The smallest absolute Gasteiger partial charge is 0.324 e. The van der Waals surface area contributed by atoms with E-state index in [4.69, 9.17) is 11.1 Å². The van der Waals surface area contributed by atoms with E-state index in [2.05, 4.69) is 12.2 Å². The van der Waals surface area contributed by atoms with E-state index < -0.39 is 0 Å². The minimum Gasteiger partial charge on any atom is -0.384 e. The van der Waals surface area contributed by atoms with Crippen molar-refractivity contribution in [2.24, 2.45) is 17.6 Å². The lowest BCUT2D eigenvalue weighted by Crippen LogP contribution is -2.54. The molecular formula is C18H27N5O. The van der Waals surface area contributed by atoms with Crippen molar-refractivity contribution in [1.82, 2.24) is 10.2 Å². The summed E-state index contributed by atoms with van der Waals surface area (Å²) < 4.78 is 0. The van der Waals surface area contributed by atoms with Crippen LogP contribution in [0.15, 0.2) is 24.3 Å². The van der Waals surface area contributed by atoms with Gasteiger partial charge < -0.3 is 16.0 Å². The Hall–Kier alpha value is -2.08. The summed E-state index contributed by atoms with van der Waals surface area (Å²) in [5.41, 5.74) is 7.07. The van der Waals surface area contributed by atoms with Gasteiger partial charge in [-0.2, -0.15) is 0 Å². The van der Waals surface area contributed by atoms with Gasteiger partial charge in [-0.1, -0.05) is 19.1 Å². The molecule has 0 bridgehead atoms. The van der Waals surface area contributed by atoms with Crippen LogP contribution in [0.1, 0.15) is 25.3 Å². The summed E-state index contributed by atoms with van der Waals surface area (Å²) in [6, 6.07) is 7.49. The zero-order chi connectivity index (χ0) is 17.1. The number of piperidine rings is 1. The Balaban J connectivity index is 1.76. The van der Waals surface area contributed by atoms with Crippen LogP contribution in [0.3, 0.4) is 0 Å². The number of rotatable bonds is 4. The summed E-state index contributed by atoms with van der Waals surface area (Å²) in [6.45, 7) is 6.66. The highest BCUT2D eigenvalue weighted by Gasteiger charge is 2.32. The molecule has 6 heteroatoms. The van der Waals surface area contributed by atoms with E-state index in [-0.39, 0.29) is 11.9 Å². The molecule has 1 atom stereocenters. The van der Waals surface area contributed by atoms with Gasteiger partial charge >= 0.3 is 6.03 Å². The molecule has 3 rings (SSSR count). The molecule has 0 saturated carbocycles. The second-order valence-electron chi connectivity index (χ2n) is 7.06. The second-order valence-corrected chi connectivity index (χ2v) is 7.06. The summed E-state index contributed by atoms with van der Waals surface area (Å²) in [6.07, 6.45) is 2.27.